The number of esters is 1. The average molecular weight is 300 g/mol. The summed E-state index contributed by atoms with van der Waals surface area (Å²) in [7, 11) is 1.23. The molecule has 1 unspecified atom stereocenters. The fourth-order valence-electron chi connectivity index (χ4n) is 1.83. The maximum atomic E-state index is 11.8. The van der Waals surface area contributed by atoms with Crippen LogP contribution in [0.2, 0.25) is 0 Å². The zero-order chi connectivity index (χ0) is 15.8. The van der Waals surface area contributed by atoms with Crippen LogP contribution in [0.1, 0.15) is 17.2 Å². The first-order chi connectivity index (χ1) is 10.7. The fraction of sp³-hybridized carbons (Fsp3) is 0.176. The highest BCUT2D eigenvalue weighted by Gasteiger charge is 2.26. The number of benzene rings is 2. The van der Waals surface area contributed by atoms with Gasteiger partial charge in [0.2, 0.25) is 6.10 Å². The lowest BCUT2D eigenvalue weighted by molar-refractivity contribution is -0.152. The quantitative estimate of drug-likeness (QED) is 0.793. The van der Waals surface area contributed by atoms with Crippen LogP contribution >= 0.6 is 0 Å². The van der Waals surface area contributed by atoms with E-state index in [0.717, 1.165) is 5.56 Å². The first-order valence-corrected chi connectivity index (χ1v) is 6.71. The van der Waals surface area contributed by atoms with E-state index >= 15 is 0 Å². The van der Waals surface area contributed by atoms with E-state index in [2.05, 4.69) is 4.74 Å². The standard InChI is InChI=1S/C17H16O5/c1-20-16(18)15(14-10-6-3-7-11-14)22-17(19)21-12-13-8-4-2-5-9-13/h2-11,15H,12H2,1H3. The smallest absolute Gasteiger partial charge is 0.466 e. The fourth-order valence-corrected chi connectivity index (χ4v) is 1.83. The van der Waals surface area contributed by atoms with E-state index in [4.69, 9.17) is 9.47 Å². The molecule has 0 radical (unpaired) electrons. The topological polar surface area (TPSA) is 61.8 Å². The van der Waals surface area contributed by atoms with E-state index in [0.29, 0.717) is 5.56 Å². The van der Waals surface area contributed by atoms with Crippen molar-refractivity contribution in [1.29, 1.82) is 0 Å². The zero-order valence-corrected chi connectivity index (χ0v) is 12.1. The Morgan fingerprint density at radius 1 is 0.955 bits per heavy atom. The molecule has 2 rings (SSSR count). The molecule has 0 N–H and O–H groups in total. The van der Waals surface area contributed by atoms with E-state index in [1.54, 1.807) is 30.3 Å². The normalized spacial score (nSPS) is 11.3. The molecule has 0 spiro atoms. The summed E-state index contributed by atoms with van der Waals surface area (Å²) in [6.07, 6.45) is -2.07. The van der Waals surface area contributed by atoms with Crippen molar-refractivity contribution in [2.45, 2.75) is 12.7 Å². The third kappa shape index (κ3) is 4.34. The van der Waals surface area contributed by atoms with Gasteiger partial charge in [-0.3, -0.25) is 0 Å². The number of rotatable bonds is 5. The molecular formula is C17H16O5. The lowest BCUT2D eigenvalue weighted by Crippen LogP contribution is -2.21. The van der Waals surface area contributed by atoms with Crippen LogP contribution in [0.4, 0.5) is 4.79 Å². The van der Waals surface area contributed by atoms with Crippen LogP contribution in [0.5, 0.6) is 0 Å². The maximum Gasteiger partial charge on any atom is 0.509 e. The third-order valence-corrected chi connectivity index (χ3v) is 2.93. The molecule has 0 aliphatic carbocycles. The highest BCUT2D eigenvalue weighted by molar-refractivity contribution is 5.79. The summed E-state index contributed by atoms with van der Waals surface area (Å²) in [5.74, 6) is -0.664. The van der Waals surface area contributed by atoms with Crippen LogP contribution in [0, 0.1) is 0 Å². The second kappa shape index (κ2) is 7.83. The lowest BCUT2D eigenvalue weighted by Gasteiger charge is -2.15. The molecule has 0 aliphatic heterocycles. The molecular weight excluding hydrogens is 284 g/mol. The molecule has 0 saturated carbocycles. The van der Waals surface area contributed by atoms with Crippen molar-refractivity contribution in [3.05, 3.63) is 71.8 Å². The third-order valence-electron chi connectivity index (χ3n) is 2.93. The summed E-state index contributed by atoms with van der Waals surface area (Å²) in [6, 6.07) is 17.8. The van der Waals surface area contributed by atoms with Gasteiger partial charge in [-0.15, -0.1) is 0 Å². The largest absolute Gasteiger partial charge is 0.509 e. The number of methoxy groups -OCH3 is 1. The van der Waals surface area contributed by atoms with Crippen molar-refractivity contribution in [1.82, 2.24) is 0 Å². The Hall–Kier alpha value is -2.82. The Bertz CT molecular complexity index is 609. The van der Waals surface area contributed by atoms with Gasteiger partial charge in [-0.05, 0) is 5.56 Å². The molecule has 0 aromatic heterocycles. The van der Waals surface area contributed by atoms with E-state index < -0.39 is 18.2 Å². The number of ether oxygens (including phenoxy) is 3. The van der Waals surface area contributed by atoms with Crippen LogP contribution in [0.15, 0.2) is 60.7 Å². The van der Waals surface area contributed by atoms with Gasteiger partial charge in [-0.2, -0.15) is 0 Å². The molecule has 2 aromatic rings. The van der Waals surface area contributed by atoms with Gasteiger partial charge in [-0.25, -0.2) is 9.59 Å². The summed E-state index contributed by atoms with van der Waals surface area (Å²) < 4.78 is 14.7. The monoisotopic (exact) mass is 300 g/mol. The predicted octanol–water partition coefficient (Wildman–Crippen LogP) is 3.25. The van der Waals surface area contributed by atoms with E-state index in [1.165, 1.54) is 7.11 Å². The molecule has 0 saturated heterocycles. The van der Waals surface area contributed by atoms with Gasteiger partial charge < -0.3 is 14.2 Å². The molecule has 0 aliphatic rings. The highest BCUT2D eigenvalue weighted by Crippen LogP contribution is 2.19. The van der Waals surface area contributed by atoms with Gasteiger partial charge >= 0.3 is 12.1 Å². The molecule has 22 heavy (non-hydrogen) atoms. The molecule has 0 heterocycles. The number of hydrogen-bond donors (Lipinski definition) is 0. The SMILES string of the molecule is COC(=O)C(OC(=O)OCc1ccccc1)c1ccccc1. The molecule has 0 amide bonds. The van der Waals surface area contributed by atoms with Crippen molar-refractivity contribution < 1.29 is 23.8 Å². The minimum atomic E-state index is -1.14. The second-order valence-corrected chi connectivity index (χ2v) is 4.46. The predicted molar refractivity (Wildman–Crippen MR) is 78.9 cm³/mol. The summed E-state index contributed by atoms with van der Waals surface area (Å²) in [4.78, 5) is 23.5. The second-order valence-electron chi connectivity index (χ2n) is 4.46. The van der Waals surface area contributed by atoms with Crippen molar-refractivity contribution in [3.63, 3.8) is 0 Å². The molecule has 5 nitrogen and oxygen atoms in total. The maximum absolute atomic E-state index is 11.8. The number of hydrogen-bond acceptors (Lipinski definition) is 5. The Kier molecular flexibility index (Phi) is 5.54. The van der Waals surface area contributed by atoms with Gasteiger partial charge in [0.1, 0.15) is 6.61 Å². The number of carbonyl (C=O) groups excluding carboxylic acids is 2. The summed E-state index contributed by atoms with van der Waals surface area (Å²) in [5, 5.41) is 0. The highest BCUT2D eigenvalue weighted by atomic mass is 16.7. The van der Waals surface area contributed by atoms with E-state index in [9.17, 15) is 9.59 Å². The molecule has 114 valence electrons. The van der Waals surface area contributed by atoms with E-state index in [-0.39, 0.29) is 6.61 Å². The summed E-state index contributed by atoms with van der Waals surface area (Å²) in [6.45, 7) is 0.0718. The Labute approximate surface area is 128 Å². The van der Waals surface area contributed by atoms with Crippen molar-refractivity contribution in [3.8, 4) is 0 Å². The minimum Gasteiger partial charge on any atom is -0.466 e. The zero-order valence-electron chi connectivity index (χ0n) is 12.1. The average Bonchev–Trinajstić information content (AvgIpc) is 2.59. The van der Waals surface area contributed by atoms with Crippen molar-refractivity contribution in [2.24, 2.45) is 0 Å². The van der Waals surface area contributed by atoms with Crippen molar-refractivity contribution in [2.75, 3.05) is 7.11 Å². The molecule has 2 aromatic carbocycles. The van der Waals surface area contributed by atoms with Gasteiger partial charge in [0.15, 0.2) is 0 Å². The van der Waals surface area contributed by atoms with Gasteiger partial charge in [0, 0.05) is 5.56 Å². The molecule has 5 heteroatoms. The summed E-state index contributed by atoms with van der Waals surface area (Å²) >= 11 is 0. The lowest BCUT2D eigenvalue weighted by atomic mass is 10.1. The minimum absolute atomic E-state index is 0.0718. The molecule has 0 fully saturated rings. The Morgan fingerprint density at radius 2 is 1.55 bits per heavy atom. The first kappa shape index (κ1) is 15.6. The van der Waals surface area contributed by atoms with E-state index in [1.807, 2.05) is 30.3 Å². The van der Waals surface area contributed by atoms with Gasteiger partial charge in [0.25, 0.3) is 0 Å². The van der Waals surface area contributed by atoms with Crippen molar-refractivity contribution >= 4 is 12.1 Å². The number of carbonyl (C=O) groups is 2. The van der Waals surface area contributed by atoms with Crippen LogP contribution in [0.25, 0.3) is 0 Å². The Balaban J connectivity index is 1.98. The van der Waals surface area contributed by atoms with Crippen LogP contribution in [0.3, 0.4) is 0 Å². The van der Waals surface area contributed by atoms with Crippen LogP contribution in [-0.4, -0.2) is 19.2 Å². The van der Waals surface area contributed by atoms with Gasteiger partial charge in [-0.1, -0.05) is 60.7 Å². The molecule has 0 bridgehead atoms. The van der Waals surface area contributed by atoms with Gasteiger partial charge in [0.05, 0.1) is 7.11 Å². The first-order valence-electron chi connectivity index (χ1n) is 6.71. The van der Waals surface area contributed by atoms with Crippen LogP contribution in [-0.2, 0) is 25.6 Å². The Morgan fingerprint density at radius 3 is 2.14 bits per heavy atom. The molecule has 1 atom stereocenters. The van der Waals surface area contributed by atoms with Crippen LogP contribution < -0.4 is 0 Å². The summed E-state index contributed by atoms with van der Waals surface area (Å²) in [5.41, 5.74) is 1.35.